The van der Waals surface area contributed by atoms with Gasteiger partial charge < -0.3 is 5.11 Å². The van der Waals surface area contributed by atoms with E-state index in [2.05, 4.69) is 9.88 Å². The van der Waals surface area contributed by atoms with E-state index in [-0.39, 0.29) is 11.1 Å². The first kappa shape index (κ1) is 13.9. The molecule has 4 nitrogen and oxygen atoms in total. The second kappa shape index (κ2) is 5.07. The summed E-state index contributed by atoms with van der Waals surface area (Å²) in [5.41, 5.74) is 2.52. The van der Waals surface area contributed by atoms with E-state index in [0.29, 0.717) is 29.6 Å². The molecule has 0 saturated carbocycles. The summed E-state index contributed by atoms with van der Waals surface area (Å²) >= 11 is 0. The Balaban J connectivity index is 2.35. The lowest BCUT2D eigenvalue weighted by Crippen LogP contribution is -2.32. The number of nitrogens with zero attached hydrogens (tertiary/aromatic N) is 2. The van der Waals surface area contributed by atoms with Crippen molar-refractivity contribution in [1.29, 1.82) is 0 Å². The maximum Gasteiger partial charge on any atom is 0.336 e. The minimum Gasteiger partial charge on any atom is -0.478 e. The molecule has 21 heavy (non-hydrogen) atoms. The lowest BCUT2D eigenvalue weighted by atomic mass is 9.95. The van der Waals surface area contributed by atoms with Gasteiger partial charge >= 0.3 is 5.97 Å². The summed E-state index contributed by atoms with van der Waals surface area (Å²) in [6.07, 6.45) is 0.659. The van der Waals surface area contributed by atoms with Crippen LogP contribution in [-0.2, 0) is 13.0 Å². The Morgan fingerprint density at radius 3 is 2.90 bits per heavy atom. The van der Waals surface area contributed by atoms with Gasteiger partial charge in [0, 0.05) is 36.2 Å². The molecule has 0 atom stereocenters. The summed E-state index contributed by atoms with van der Waals surface area (Å²) in [4.78, 5) is 18.3. The van der Waals surface area contributed by atoms with Crippen LogP contribution in [0.2, 0.25) is 0 Å². The van der Waals surface area contributed by atoms with Crippen LogP contribution in [0.15, 0.2) is 12.1 Å². The van der Waals surface area contributed by atoms with Gasteiger partial charge in [0.1, 0.15) is 11.3 Å². The highest BCUT2D eigenvalue weighted by Gasteiger charge is 2.26. The van der Waals surface area contributed by atoms with Crippen molar-refractivity contribution in [3.8, 4) is 0 Å². The molecule has 0 spiro atoms. The molecule has 0 radical (unpaired) electrons. The number of rotatable bonds is 2. The summed E-state index contributed by atoms with van der Waals surface area (Å²) < 4.78 is 14.1. The molecule has 0 saturated heterocycles. The minimum atomic E-state index is -1.01. The molecular weight excluding hydrogens is 271 g/mol. The molecule has 0 unspecified atom stereocenters. The highest BCUT2D eigenvalue weighted by atomic mass is 19.1. The highest BCUT2D eigenvalue weighted by Crippen LogP contribution is 2.30. The molecule has 3 rings (SSSR count). The summed E-state index contributed by atoms with van der Waals surface area (Å²) in [6.45, 7) is 6.05. The van der Waals surface area contributed by atoms with Crippen LogP contribution in [0.3, 0.4) is 0 Å². The van der Waals surface area contributed by atoms with Crippen LogP contribution in [0.4, 0.5) is 4.39 Å². The molecule has 0 amide bonds. The Hall–Kier alpha value is -2.01. The SMILES string of the molecule is CCN1CCc2nc3c(F)cc(C)cc3c(C(=O)O)c2C1. The number of aromatic nitrogens is 1. The van der Waals surface area contributed by atoms with Gasteiger partial charge in [0.15, 0.2) is 0 Å². The van der Waals surface area contributed by atoms with Gasteiger partial charge in [0.2, 0.25) is 0 Å². The Morgan fingerprint density at radius 2 is 2.24 bits per heavy atom. The lowest BCUT2D eigenvalue weighted by molar-refractivity contribution is 0.0695. The van der Waals surface area contributed by atoms with Gasteiger partial charge in [-0.05, 0) is 31.2 Å². The number of pyridine rings is 1. The van der Waals surface area contributed by atoms with E-state index in [9.17, 15) is 14.3 Å². The number of carbonyl (C=O) groups is 1. The first-order chi connectivity index (χ1) is 10.0. The number of carboxylic acid groups (broad SMARTS) is 1. The molecule has 2 heterocycles. The highest BCUT2D eigenvalue weighted by molar-refractivity contribution is 6.04. The number of halogens is 1. The maximum atomic E-state index is 14.1. The van der Waals surface area contributed by atoms with Crippen molar-refractivity contribution in [3.63, 3.8) is 0 Å². The van der Waals surface area contributed by atoms with Gasteiger partial charge in [-0.3, -0.25) is 4.90 Å². The van der Waals surface area contributed by atoms with Gasteiger partial charge in [0.05, 0.1) is 5.56 Å². The predicted molar refractivity (Wildman–Crippen MR) is 78.1 cm³/mol. The Bertz CT molecular complexity index is 743. The fourth-order valence-electron chi connectivity index (χ4n) is 3.01. The normalized spacial score (nSPS) is 15.2. The summed E-state index contributed by atoms with van der Waals surface area (Å²) in [5, 5.41) is 10.0. The molecule has 1 N–H and O–H groups in total. The molecule has 110 valence electrons. The molecule has 0 fully saturated rings. The largest absolute Gasteiger partial charge is 0.478 e. The second-order valence-electron chi connectivity index (χ2n) is 5.48. The zero-order valence-corrected chi connectivity index (χ0v) is 12.1. The van der Waals surface area contributed by atoms with Crippen molar-refractivity contribution in [2.24, 2.45) is 0 Å². The number of aryl methyl sites for hydroxylation is 1. The fourth-order valence-corrected chi connectivity index (χ4v) is 3.01. The Morgan fingerprint density at radius 1 is 1.48 bits per heavy atom. The average molecular weight is 288 g/mol. The van der Waals surface area contributed by atoms with Crippen molar-refractivity contribution in [2.45, 2.75) is 26.8 Å². The Kier molecular flexibility index (Phi) is 3.37. The van der Waals surface area contributed by atoms with E-state index in [0.717, 1.165) is 18.7 Å². The van der Waals surface area contributed by atoms with Gasteiger partial charge in [-0.15, -0.1) is 0 Å². The van der Waals surface area contributed by atoms with E-state index < -0.39 is 11.8 Å². The number of hydrogen-bond donors (Lipinski definition) is 1. The molecule has 1 aliphatic heterocycles. The average Bonchev–Trinajstić information content (AvgIpc) is 2.44. The smallest absolute Gasteiger partial charge is 0.336 e. The molecule has 2 aromatic rings. The number of likely N-dealkylation sites (N-methyl/N-ethyl adjacent to an activating group) is 1. The molecule has 5 heteroatoms. The van der Waals surface area contributed by atoms with E-state index in [1.165, 1.54) is 6.07 Å². The lowest BCUT2D eigenvalue weighted by Gasteiger charge is -2.28. The van der Waals surface area contributed by atoms with Gasteiger partial charge in [-0.25, -0.2) is 14.2 Å². The Labute approximate surface area is 122 Å². The van der Waals surface area contributed by atoms with Crippen LogP contribution in [0, 0.1) is 12.7 Å². The van der Waals surface area contributed by atoms with Gasteiger partial charge in [0.25, 0.3) is 0 Å². The van der Waals surface area contributed by atoms with Crippen molar-refractivity contribution in [3.05, 3.63) is 40.3 Å². The van der Waals surface area contributed by atoms with E-state index >= 15 is 0 Å². The maximum absolute atomic E-state index is 14.1. The molecule has 1 aromatic heterocycles. The zero-order valence-electron chi connectivity index (χ0n) is 12.1. The van der Waals surface area contributed by atoms with E-state index in [4.69, 9.17) is 0 Å². The summed E-state index contributed by atoms with van der Waals surface area (Å²) in [5.74, 6) is -1.46. The number of benzene rings is 1. The summed E-state index contributed by atoms with van der Waals surface area (Å²) in [6, 6.07) is 3.11. The third-order valence-electron chi connectivity index (χ3n) is 4.08. The van der Waals surface area contributed by atoms with Crippen molar-refractivity contribution in [1.82, 2.24) is 9.88 Å². The molecule has 1 aromatic carbocycles. The molecule has 0 aliphatic carbocycles. The minimum absolute atomic E-state index is 0.168. The van der Waals surface area contributed by atoms with Crippen LogP contribution in [0.5, 0.6) is 0 Å². The topological polar surface area (TPSA) is 53.4 Å². The first-order valence-corrected chi connectivity index (χ1v) is 7.08. The predicted octanol–water partition coefficient (Wildman–Crippen LogP) is 2.76. The van der Waals surface area contributed by atoms with Crippen LogP contribution >= 0.6 is 0 Å². The van der Waals surface area contributed by atoms with E-state index in [1.807, 2.05) is 6.92 Å². The standard InChI is InChI=1S/C16H17FN2O2/c1-3-19-5-4-13-11(8-19)14(16(20)21)10-6-9(2)7-12(17)15(10)18-13/h6-7H,3-5,8H2,1-2H3,(H,20,21). The third kappa shape index (κ3) is 2.27. The number of carboxylic acids is 1. The zero-order chi connectivity index (χ0) is 15.1. The first-order valence-electron chi connectivity index (χ1n) is 7.08. The van der Waals surface area contributed by atoms with Crippen molar-refractivity contribution in [2.75, 3.05) is 13.1 Å². The number of hydrogen-bond acceptors (Lipinski definition) is 3. The monoisotopic (exact) mass is 288 g/mol. The molecular formula is C16H17FN2O2. The third-order valence-corrected chi connectivity index (χ3v) is 4.08. The summed E-state index contributed by atoms with van der Waals surface area (Å²) in [7, 11) is 0. The quantitative estimate of drug-likeness (QED) is 0.923. The number of aromatic carboxylic acids is 1. The van der Waals surface area contributed by atoms with E-state index in [1.54, 1.807) is 13.0 Å². The fraction of sp³-hybridized carbons (Fsp3) is 0.375. The van der Waals surface area contributed by atoms with Crippen LogP contribution < -0.4 is 0 Å². The molecule has 1 aliphatic rings. The number of fused-ring (bicyclic) bond motifs is 2. The molecule has 0 bridgehead atoms. The van der Waals surface area contributed by atoms with Crippen molar-refractivity contribution < 1.29 is 14.3 Å². The van der Waals surface area contributed by atoms with Gasteiger partial charge in [-0.1, -0.05) is 6.92 Å². The van der Waals surface area contributed by atoms with Crippen LogP contribution in [0.1, 0.15) is 34.1 Å². The van der Waals surface area contributed by atoms with Gasteiger partial charge in [-0.2, -0.15) is 0 Å². The van der Waals surface area contributed by atoms with Crippen molar-refractivity contribution >= 4 is 16.9 Å². The van der Waals surface area contributed by atoms with Crippen LogP contribution in [0.25, 0.3) is 10.9 Å². The van der Waals surface area contributed by atoms with Crippen LogP contribution in [-0.4, -0.2) is 34.0 Å². The second-order valence-corrected chi connectivity index (χ2v) is 5.48.